The molecule has 0 bridgehead atoms. The third-order valence-electron chi connectivity index (χ3n) is 3.27. The van der Waals surface area contributed by atoms with E-state index < -0.39 is 0 Å². The van der Waals surface area contributed by atoms with Crippen molar-refractivity contribution >= 4 is 16.7 Å². The van der Waals surface area contributed by atoms with Gasteiger partial charge in [-0.2, -0.15) is 0 Å². The lowest BCUT2D eigenvalue weighted by atomic mass is 10.1. The van der Waals surface area contributed by atoms with Crippen molar-refractivity contribution in [2.24, 2.45) is 5.73 Å². The van der Waals surface area contributed by atoms with Gasteiger partial charge in [-0.1, -0.05) is 6.42 Å². The van der Waals surface area contributed by atoms with Crippen LogP contribution in [0, 0.1) is 6.92 Å². The van der Waals surface area contributed by atoms with Crippen LogP contribution >= 0.6 is 0 Å². The number of rotatable bonds is 6. The number of anilines is 1. The second-order valence-corrected chi connectivity index (χ2v) is 4.68. The maximum absolute atomic E-state index is 11.2. The topological polar surface area (TPSA) is 68.3 Å². The van der Waals surface area contributed by atoms with Gasteiger partial charge in [0.15, 0.2) is 0 Å². The minimum absolute atomic E-state index is 0.311. The third-order valence-corrected chi connectivity index (χ3v) is 3.27. The molecule has 0 unspecified atom stereocenters. The molecule has 2 aromatic rings. The molecular weight excluding hydrogens is 240 g/mol. The first-order valence-corrected chi connectivity index (χ1v) is 6.70. The summed E-state index contributed by atoms with van der Waals surface area (Å²) in [5, 5.41) is 4.40. The average molecular weight is 260 g/mol. The summed E-state index contributed by atoms with van der Waals surface area (Å²) in [6.45, 7) is 3.72. The van der Waals surface area contributed by atoms with Gasteiger partial charge in [0.2, 0.25) is 0 Å². The Kier molecular flexibility index (Phi) is 4.58. The van der Waals surface area contributed by atoms with E-state index in [0.717, 1.165) is 49.0 Å². The minimum atomic E-state index is -0.311. The second kappa shape index (κ2) is 6.38. The Morgan fingerprint density at radius 3 is 2.79 bits per heavy atom. The van der Waals surface area contributed by atoms with E-state index in [4.69, 9.17) is 10.2 Å². The van der Waals surface area contributed by atoms with Gasteiger partial charge in [0.25, 0.3) is 0 Å². The number of benzene rings is 1. The molecule has 4 heteroatoms. The van der Waals surface area contributed by atoms with Crippen LogP contribution in [0.5, 0.6) is 0 Å². The molecule has 0 aliphatic rings. The Morgan fingerprint density at radius 1 is 1.16 bits per heavy atom. The molecule has 4 nitrogen and oxygen atoms in total. The van der Waals surface area contributed by atoms with Gasteiger partial charge in [-0.15, -0.1) is 0 Å². The molecule has 0 aliphatic carbocycles. The van der Waals surface area contributed by atoms with Gasteiger partial charge >= 0.3 is 5.63 Å². The van der Waals surface area contributed by atoms with Crippen LogP contribution < -0.4 is 16.7 Å². The van der Waals surface area contributed by atoms with Gasteiger partial charge < -0.3 is 15.5 Å². The van der Waals surface area contributed by atoms with Crippen molar-refractivity contribution in [1.29, 1.82) is 0 Å². The van der Waals surface area contributed by atoms with Crippen LogP contribution in [0.1, 0.15) is 24.8 Å². The Labute approximate surface area is 112 Å². The smallest absolute Gasteiger partial charge is 0.336 e. The quantitative estimate of drug-likeness (QED) is 0.619. The standard InChI is InChI=1S/C15H20N2O2/c1-11-12-5-8-15(18)19-14(12)7-6-13(11)17-10-4-2-3-9-16/h5-8,17H,2-4,9-10,16H2,1H3. The highest BCUT2D eigenvalue weighted by Crippen LogP contribution is 2.24. The molecule has 0 spiro atoms. The fourth-order valence-electron chi connectivity index (χ4n) is 2.15. The lowest BCUT2D eigenvalue weighted by molar-refractivity contribution is 0.561. The largest absolute Gasteiger partial charge is 0.423 e. The fourth-order valence-corrected chi connectivity index (χ4v) is 2.15. The first-order chi connectivity index (χ1) is 9.22. The van der Waals surface area contributed by atoms with E-state index in [1.54, 1.807) is 0 Å². The summed E-state index contributed by atoms with van der Waals surface area (Å²) < 4.78 is 5.16. The molecule has 0 fully saturated rings. The summed E-state index contributed by atoms with van der Waals surface area (Å²) in [6.07, 6.45) is 3.33. The molecule has 1 aromatic heterocycles. The van der Waals surface area contributed by atoms with Crippen LogP contribution in [0.3, 0.4) is 0 Å². The van der Waals surface area contributed by atoms with E-state index in [9.17, 15) is 4.79 Å². The van der Waals surface area contributed by atoms with Gasteiger partial charge in [-0.3, -0.25) is 0 Å². The molecule has 1 aromatic carbocycles. The lowest BCUT2D eigenvalue weighted by Gasteiger charge is -2.11. The first kappa shape index (κ1) is 13.6. The van der Waals surface area contributed by atoms with E-state index in [-0.39, 0.29) is 5.63 Å². The number of fused-ring (bicyclic) bond motifs is 1. The summed E-state index contributed by atoms with van der Waals surface area (Å²) >= 11 is 0. The molecule has 19 heavy (non-hydrogen) atoms. The number of hydrogen-bond acceptors (Lipinski definition) is 4. The molecule has 0 aliphatic heterocycles. The maximum atomic E-state index is 11.2. The van der Waals surface area contributed by atoms with Crippen LogP contribution in [0.4, 0.5) is 5.69 Å². The highest BCUT2D eigenvalue weighted by Gasteiger charge is 2.05. The molecule has 0 saturated heterocycles. The molecule has 3 N–H and O–H groups in total. The normalized spacial score (nSPS) is 10.8. The predicted molar refractivity (Wildman–Crippen MR) is 78.6 cm³/mol. The summed E-state index contributed by atoms with van der Waals surface area (Å²) in [7, 11) is 0. The molecule has 0 saturated carbocycles. The molecule has 2 rings (SSSR count). The van der Waals surface area contributed by atoms with Crippen molar-refractivity contribution in [2.75, 3.05) is 18.4 Å². The zero-order valence-electron chi connectivity index (χ0n) is 11.2. The lowest BCUT2D eigenvalue weighted by Crippen LogP contribution is -2.05. The molecule has 0 amide bonds. The van der Waals surface area contributed by atoms with E-state index in [2.05, 4.69) is 5.32 Å². The van der Waals surface area contributed by atoms with Crippen molar-refractivity contribution < 1.29 is 4.42 Å². The van der Waals surface area contributed by atoms with Crippen LogP contribution in [-0.4, -0.2) is 13.1 Å². The van der Waals surface area contributed by atoms with Crippen LogP contribution in [0.2, 0.25) is 0 Å². The van der Waals surface area contributed by atoms with E-state index in [1.807, 2.05) is 25.1 Å². The van der Waals surface area contributed by atoms with E-state index >= 15 is 0 Å². The Balaban J connectivity index is 2.10. The van der Waals surface area contributed by atoms with E-state index in [0.29, 0.717) is 5.58 Å². The van der Waals surface area contributed by atoms with Crippen molar-refractivity contribution in [1.82, 2.24) is 0 Å². The molecule has 1 heterocycles. The van der Waals surface area contributed by atoms with Gasteiger partial charge in [-0.05, 0) is 50.1 Å². The number of nitrogens with one attached hydrogen (secondary N) is 1. The minimum Gasteiger partial charge on any atom is -0.423 e. The van der Waals surface area contributed by atoms with Crippen LogP contribution in [0.15, 0.2) is 33.5 Å². The zero-order chi connectivity index (χ0) is 13.7. The third kappa shape index (κ3) is 3.35. The monoisotopic (exact) mass is 260 g/mol. The van der Waals surface area contributed by atoms with E-state index in [1.165, 1.54) is 6.07 Å². The number of unbranched alkanes of at least 4 members (excludes halogenated alkanes) is 2. The Bertz CT molecular complexity index is 605. The highest BCUT2D eigenvalue weighted by atomic mass is 16.4. The molecule has 0 radical (unpaired) electrons. The average Bonchev–Trinajstić information content (AvgIpc) is 2.41. The molecular formula is C15H20N2O2. The van der Waals surface area contributed by atoms with Crippen molar-refractivity contribution in [3.05, 3.63) is 40.2 Å². The first-order valence-electron chi connectivity index (χ1n) is 6.70. The number of aryl methyl sites for hydroxylation is 1. The number of nitrogens with two attached hydrogens (primary N) is 1. The fraction of sp³-hybridized carbons (Fsp3) is 0.400. The Hall–Kier alpha value is -1.81. The van der Waals surface area contributed by atoms with Crippen LogP contribution in [-0.2, 0) is 0 Å². The second-order valence-electron chi connectivity index (χ2n) is 4.68. The molecule has 102 valence electrons. The summed E-state index contributed by atoms with van der Waals surface area (Å²) in [5.74, 6) is 0. The summed E-state index contributed by atoms with van der Waals surface area (Å²) in [5.41, 5.74) is 7.99. The van der Waals surface area contributed by atoms with Gasteiger partial charge in [0, 0.05) is 23.7 Å². The summed E-state index contributed by atoms with van der Waals surface area (Å²) in [4.78, 5) is 11.2. The van der Waals surface area contributed by atoms with Crippen LogP contribution in [0.25, 0.3) is 11.0 Å². The maximum Gasteiger partial charge on any atom is 0.336 e. The Morgan fingerprint density at radius 2 is 2.00 bits per heavy atom. The molecule has 0 atom stereocenters. The number of hydrogen-bond donors (Lipinski definition) is 2. The van der Waals surface area contributed by atoms with Crippen molar-refractivity contribution in [3.8, 4) is 0 Å². The predicted octanol–water partition coefficient (Wildman–Crippen LogP) is 2.64. The van der Waals surface area contributed by atoms with Gasteiger partial charge in [0.1, 0.15) is 5.58 Å². The SMILES string of the molecule is Cc1c(NCCCCCN)ccc2oc(=O)ccc12. The summed E-state index contributed by atoms with van der Waals surface area (Å²) in [6, 6.07) is 7.08. The van der Waals surface area contributed by atoms with Gasteiger partial charge in [-0.25, -0.2) is 4.79 Å². The highest BCUT2D eigenvalue weighted by molar-refractivity contribution is 5.85. The van der Waals surface area contributed by atoms with Crippen molar-refractivity contribution in [3.63, 3.8) is 0 Å². The van der Waals surface area contributed by atoms with Crippen molar-refractivity contribution in [2.45, 2.75) is 26.2 Å². The van der Waals surface area contributed by atoms with Gasteiger partial charge in [0.05, 0.1) is 0 Å². The zero-order valence-corrected chi connectivity index (χ0v) is 11.2.